The van der Waals surface area contributed by atoms with Crippen molar-refractivity contribution >= 4 is 17.2 Å². The van der Waals surface area contributed by atoms with Crippen molar-refractivity contribution in [3.05, 3.63) is 22.4 Å². The van der Waals surface area contributed by atoms with E-state index in [1.165, 1.54) is 4.88 Å². The van der Waals surface area contributed by atoms with E-state index in [2.05, 4.69) is 21.8 Å². The van der Waals surface area contributed by atoms with E-state index in [4.69, 9.17) is 5.84 Å². The molecule has 0 fully saturated rings. The first-order valence-electron chi connectivity index (χ1n) is 5.79. The number of carbonyl (C=O) groups excluding carboxylic acids is 1. The Morgan fingerprint density at radius 3 is 2.76 bits per heavy atom. The minimum Gasteiger partial charge on any atom is -0.294 e. The molecule has 4 nitrogen and oxygen atoms in total. The first-order valence-corrected chi connectivity index (χ1v) is 6.67. The molecule has 1 amide bonds. The maximum absolute atomic E-state index is 11.7. The molecule has 0 radical (unpaired) electrons. The summed E-state index contributed by atoms with van der Waals surface area (Å²) in [5.41, 5.74) is 2.24. The number of thiophene rings is 1. The van der Waals surface area contributed by atoms with E-state index >= 15 is 0 Å². The van der Waals surface area contributed by atoms with Gasteiger partial charge in [-0.05, 0) is 30.8 Å². The molecule has 0 bridgehead atoms. The van der Waals surface area contributed by atoms with Crippen LogP contribution in [0.4, 0.5) is 0 Å². The van der Waals surface area contributed by atoms with E-state index in [0.717, 1.165) is 13.0 Å². The zero-order valence-corrected chi connectivity index (χ0v) is 11.5. The van der Waals surface area contributed by atoms with Crippen LogP contribution in [0, 0.1) is 5.92 Å². The van der Waals surface area contributed by atoms with Gasteiger partial charge in [0.2, 0.25) is 0 Å². The van der Waals surface area contributed by atoms with Crippen molar-refractivity contribution in [2.24, 2.45) is 11.8 Å². The van der Waals surface area contributed by atoms with Gasteiger partial charge in [-0.25, -0.2) is 5.84 Å². The maximum atomic E-state index is 11.7. The number of carbonyl (C=O) groups is 1. The fourth-order valence-corrected chi connectivity index (χ4v) is 2.68. The summed E-state index contributed by atoms with van der Waals surface area (Å²) in [6.45, 7) is 4.92. The van der Waals surface area contributed by atoms with Gasteiger partial charge in [0.25, 0.3) is 5.91 Å². The highest BCUT2D eigenvalue weighted by molar-refractivity contribution is 7.09. The van der Waals surface area contributed by atoms with Gasteiger partial charge in [0, 0.05) is 11.4 Å². The summed E-state index contributed by atoms with van der Waals surface area (Å²) in [7, 11) is 1.97. The average Bonchev–Trinajstić information content (AvgIpc) is 2.78. The summed E-state index contributed by atoms with van der Waals surface area (Å²) in [5.74, 6) is 5.34. The molecule has 1 unspecified atom stereocenters. The van der Waals surface area contributed by atoms with Gasteiger partial charge in [-0.2, -0.15) is 0 Å². The average molecular weight is 255 g/mol. The van der Waals surface area contributed by atoms with Gasteiger partial charge in [-0.1, -0.05) is 19.9 Å². The largest absolute Gasteiger partial charge is 0.294 e. The number of hydrogen-bond donors (Lipinski definition) is 2. The van der Waals surface area contributed by atoms with Gasteiger partial charge >= 0.3 is 0 Å². The summed E-state index contributed by atoms with van der Waals surface area (Å²) in [6, 6.07) is 4.00. The van der Waals surface area contributed by atoms with E-state index in [9.17, 15) is 4.79 Å². The second-order valence-electron chi connectivity index (χ2n) is 4.51. The molecule has 1 heterocycles. The zero-order chi connectivity index (χ0) is 12.8. The Labute approximate surface area is 107 Å². The number of hydrazine groups is 1. The molecule has 0 saturated carbocycles. The van der Waals surface area contributed by atoms with E-state index in [-0.39, 0.29) is 17.9 Å². The summed E-state index contributed by atoms with van der Waals surface area (Å²) in [4.78, 5) is 15.1. The quantitative estimate of drug-likeness (QED) is 0.457. The lowest BCUT2D eigenvalue weighted by Gasteiger charge is -2.29. The molecule has 0 aliphatic rings. The number of nitrogens with zero attached hydrogens (tertiary/aromatic N) is 1. The molecule has 5 heteroatoms. The Morgan fingerprint density at radius 1 is 1.59 bits per heavy atom. The van der Waals surface area contributed by atoms with Crippen LogP contribution in [0.2, 0.25) is 0 Å². The van der Waals surface area contributed by atoms with E-state index in [1.807, 2.05) is 27.0 Å². The fraction of sp³-hybridized carbons (Fsp3) is 0.583. The van der Waals surface area contributed by atoms with Crippen LogP contribution >= 0.6 is 11.3 Å². The third-order valence-electron chi connectivity index (χ3n) is 2.81. The number of rotatable bonds is 6. The summed E-state index contributed by atoms with van der Waals surface area (Å²) >= 11 is 1.75. The van der Waals surface area contributed by atoms with E-state index in [0.29, 0.717) is 0 Å². The number of nitrogens with one attached hydrogen (secondary N) is 1. The maximum Gasteiger partial charge on any atom is 0.251 e. The summed E-state index contributed by atoms with van der Waals surface area (Å²) in [5, 5.41) is 2.07. The molecule has 1 rings (SSSR count). The van der Waals surface area contributed by atoms with Gasteiger partial charge in [-0.3, -0.25) is 15.1 Å². The van der Waals surface area contributed by atoms with Crippen LogP contribution in [0.3, 0.4) is 0 Å². The molecule has 1 atom stereocenters. The number of amides is 1. The monoisotopic (exact) mass is 255 g/mol. The number of nitrogens with two attached hydrogens (primary N) is 1. The van der Waals surface area contributed by atoms with Crippen molar-refractivity contribution in [3.8, 4) is 0 Å². The first kappa shape index (κ1) is 14.2. The lowest BCUT2D eigenvalue weighted by molar-refractivity contribution is -0.127. The Morgan fingerprint density at radius 2 is 2.29 bits per heavy atom. The Balaban J connectivity index is 2.53. The first-order chi connectivity index (χ1) is 8.06. The van der Waals surface area contributed by atoms with Crippen LogP contribution in [-0.4, -0.2) is 30.4 Å². The van der Waals surface area contributed by atoms with Crippen molar-refractivity contribution in [1.82, 2.24) is 10.3 Å². The molecule has 3 N–H and O–H groups in total. The summed E-state index contributed by atoms with van der Waals surface area (Å²) < 4.78 is 0. The normalized spacial score (nSPS) is 13.1. The highest BCUT2D eigenvalue weighted by Crippen LogP contribution is 2.13. The SMILES string of the molecule is CC(C)C(C(=O)NN)N(C)CCc1cccs1. The highest BCUT2D eigenvalue weighted by Gasteiger charge is 2.25. The van der Waals surface area contributed by atoms with Crippen molar-refractivity contribution in [3.63, 3.8) is 0 Å². The third kappa shape index (κ3) is 4.11. The molecule has 1 aromatic heterocycles. The van der Waals surface area contributed by atoms with Crippen LogP contribution in [0.15, 0.2) is 17.5 Å². The van der Waals surface area contributed by atoms with Crippen molar-refractivity contribution < 1.29 is 4.79 Å². The highest BCUT2D eigenvalue weighted by atomic mass is 32.1. The Kier molecular flexibility index (Phi) is 5.61. The molecular formula is C12H21N3OS. The van der Waals surface area contributed by atoms with Crippen LogP contribution < -0.4 is 11.3 Å². The van der Waals surface area contributed by atoms with Crippen LogP contribution in [0.5, 0.6) is 0 Å². The van der Waals surface area contributed by atoms with Gasteiger partial charge < -0.3 is 0 Å². The topological polar surface area (TPSA) is 58.4 Å². The third-order valence-corrected chi connectivity index (χ3v) is 3.74. The lowest BCUT2D eigenvalue weighted by atomic mass is 10.0. The Bertz CT molecular complexity index is 338. The van der Waals surface area contributed by atoms with Gasteiger partial charge in [0.15, 0.2) is 0 Å². The predicted molar refractivity (Wildman–Crippen MR) is 71.6 cm³/mol. The zero-order valence-electron chi connectivity index (χ0n) is 10.6. The van der Waals surface area contributed by atoms with Crippen molar-refractivity contribution in [1.29, 1.82) is 0 Å². The van der Waals surface area contributed by atoms with Crippen molar-refractivity contribution in [2.45, 2.75) is 26.3 Å². The molecule has 17 heavy (non-hydrogen) atoms. The number of hydrogen-bond acceptors (Lipinski definition) is 4. The molecule has 0 spiro atoms. The van der Waals surface area contributed by atoms with Gasteiger partial charge in [-0.15, -0.1) is 11.3 Å². The molecule has 1 aromatic rings. The van der Waals surface area contributed by atoms with Gasteiger partial charge in [0.1, 0.15) is 0 Å². The van der Waals surface area contributed by atoms with Crippen LogP contribution in [-0.2, 0) is 11.2 Å². The molecule has 0 aliphatic carbocycles. The standard InChI is InChI=1S/C12H21N3OS/c1-9(2)11(12(16)14-13)15(3)7-6-10-5-4-8-17-10/h4-5,8-9,11H,6-7,13H2,1-3H3,(H,14,16). The molecule has 0 saturated heterocycles. The van der Waals surface area contributed by atoms with Crippen molar-refractivity contribution in [2.75, 3.05) is 13.6 Å². The lowest BCUT2D eigenvalue weighted by Crippen LogP contribution is -2.50. The van der Waals surface area contributed by atoms with Crippen LogP contribution in [0.25, 0.3) is 0 Å². The minimum atomic E-state index is -0.167. The smallest absolute Gasteiger partial charge is 0.251 e. The molecule has 0 aromatic carbocycles. The second kappa shape index (κ2) is 6.74. The van der Waals surface area contributed by atoms with Gasteiger partial charge in [0.05, 0.1) is 6.04 Å². The van der Waals surface area contributed by atoms with Crippen LogP contribution in [0.1, 0.15) is 18.7 Å². The molecular weight excluding hydrogens is 234 g/mol. The Hall–Kier alpha value is -0.910. The van der Waals surface area contributed by atoms with E-state index < -0.39 is 0 Å². The number of likely N-dealkylation sites (N-methyl/N-ethyl adjacent to an activating group) is 1. The fourth-order valence-electron chi connectivity index (χ4n) is 1.98. The minimum absolute atomic E-state index is 0.117. The molecule has 0 aliphatic heterocycles. The van der Waals surface area contributed by atoms with E-state index in [1.54, 1.807) is 11.3 Å². The summed E-state index contributed by atoms with van der Waals surface area (Å²) in [6.07, 6.45) is 0.967. The second-order valence-corrected chi connectivity index (χ2v) is 5.54. The predicted octanol–water partition coefficient (Wildman–Crippen LogP) is 1.24. The molecule has 96 valence electrons.